The molecule has 0 fully saturated rings. The maximum atomic E-state index is 13.3. The van der Waals surface area contributed by atoms with Crippen molar-refractivity contribution in [2.75, 3.05) is 5.32 Å². The van der Waals surface area contributed by atoms with Crippen LogP contribution in [0.25, 0.3) is 16.8 Å². The number of carbonyl (C=O) groups is 2. The highest BCUT2D eigenvalue weighted by molar-refractivity contribution is 6.16. The van der Waals surface area contributed by atoms with Crippen LogP contribution in [0, 0.1) is 0 Å². The van der Waals surface area contributed by atoms with E-state index in [4.69, 9.17) is 0 Å². The number of carbonyl (C=O) groups excluding carboxylic acids is 2. The van der Waals surface area contributed by atoms with E-state index in [1.807, 2.05) is 18.4 Å². The van der Waals surface area contributed by atoms with Crippen molar-refractivity contribution in [3.8, 4) is 0 Å². The summed E-state index contributed by atoms with van der Waals surface area (Å²) in [4.78, 5) is 46.5. The molecular formula is C22H19N9O2. The molecular weight excluding hydrogens is 422 g/mol. The van der Waals surface area contributed by atoms with E-state index in [-0.39, 0.29) is 24.2 Å². The molecule has 0 aromatic carbocycles. The van der Waals surface area contributed by atoms with E-state index in [2.05, 4.69) is 35.3 Å². The van der Waals surface area contributed by atoms with Crippen LogP contribution in [0.3, 0.4) is 0 Å². The van der Waals surface area contributed by atoms with Crippen LogP contribution < -0.4 is 5.32 Å². The summed E-state index contributed by atoms with van der Waals surface area (Å²) in [5.74, 6) is -0.0371. The predicted molar refractivity (Wildman–Crippen MR) is 119 cm³/mol. The van der Waals surface area contributed by atoms with Crippen LogP contribution in [0.4, 0.5) is 5.69 Å². The number of hydrogen-bond acceptors (Lipinski definition) is 8. The molecule has 0 saturated carbocycles. The number of amides is 1. The summed E-state index contributed by atoms with van der Waals surface area (Å²) in [6.07, 6.45) is 12.6. The van der Waals surface area contributed by atoms with E-state index in [9.17, 15) is 9.59 Å². The molecule has 5 rings (SSSR count). The molecule has 0 spiro atoms. The lowest BCUT2D eigenvalue weighted by Gasteiger charge is -2.07. The first-order chi connectivity index (χ1) is 16.0. The predicted octanol–water partition coefficient (Wildman–Crippen LogP) is 2.26. The van der Waals surface area contributed by atoms with Gasteiger partial charge in [-0.05, 0) is 25.5 Å². The fourth-order valence-corrected chi connectivity index (χ4v) is 3.59. The minimum absolute atomic E-state index is 0.0835. The Morgan fingerprint density at radius 3 is 2.73 bits per heavy atom. The maximum absolute atomic E-state index is 13.3. The van der Waals surface area contributed by atoms with Crippen LogP contribution in [-0.4, -0.2) is 50.8 Å². The summed E-state index contributed by atoms with van der Waals surface area (Å²) < 4.78 is 3.43. The highest BCUT2D eigenvalue weighted by Gasteiger charge is 2.20. The molecule has 0 bridgehead atoms. The van der Waals surface area contributed by atoms with Crippen LogP contribution in [0.5, 0.6) is 0 Å². The standard InChI is InChI=1S/C22H19N9O2/c1-13(2)30-10-18(17-8-24-11-26-21(17)30)20(33)15-4-16(7-23-6-15)29-19(32)3-14-5-25-22-27-12-28-31(22)9-14/h4-13H,3H2,1-2H3,(H,29,32). The van der Waals surface area contributed by atoms with Gasteiger partial charge >= 0.3 is 0 Å². The van der Waals surface area contributed by atoms with Gasteiger partial charge in [0.25, 0.3) is 5.78 Å². The molecule has 5 aromatic rings. The van der Waals surface area contributed by atoms with E-state index < -0.39 is 0 Å². The second kappa shape index (κ2) is 8.19. The Balaban J connectivity index is 1.37. The van der Waals surface area contributed by atoms with Crippen LogP contribution in [0.1, 0.15) is 41.4 Å². The van der Waals surface area contributed by atoms with Gasteiger partial charge in [0, 0.05) is 48.0 Å². The minimum Gasteiger partial charge on any atom is -0.329 e. The van der Waals surface area contributed by atoms with E-state index in [1.54, 1.807) is 30.9 Å². The van der Waals surface area contributed by atoms with Crippen molar-refractivity contribution in [2.45, 2.75) is 26.3 Å². The molecule has 0 atom stereocenters. The summed E-state index contributed by atoms with van der Waals surface area (Å²) in [6, 6.07) is 1.73. The Kier molecular flexibility index (Phi) is 5.05. The molecule has 11 nitrogen and oxygen atoms in total. The number of aromatic nitrogens is 8. The Morgan fingerprint density at radius 1 is 1.00 bits per heavy atom. The van der Waals surface area contributed by atoms with Gasteiger partial charge in [-0.1, -0.05) is 0 Å². The van der Waals surface area contributed by atoms with Gasteiger partial charge in [-0.2, -0.15) is 10.1 Å². The van der Waals surface area contributed by atoms with Crippen LogP contribution in [0.2, 0.25) is 0 Å². The molecule has 1 amide bonds. The molecule has 0 unspecified atom stereocenters. The van der Waals surface area contributed by atoms with Gasteiger partial charge < -0.3 is 9.88 Å². The Bertz CT molecular complexity index is 1500. The van der Waals surface area contributed by atoms with Gasteiger partial charge in [-0.25, -0.2) is 19.5 Å². The fraction of sp³-hybridized carbons (Fsp3) is 0.182. The zero-order chi connectivity index (χ0) is 22.9. The number of rotatable bonds is 6. The molecule has 0 saturated heterocycles. The first-order valence-corrected chi connectivity index (χ1v) is 10.2. The Morgan fingerprint density at radius 2 is 1.88 bits per heavy atom. The van der Waals surface area contributed by atoms with Gasteiger partial charge in [0.1, 0.15) is 18.3 Å². The van der Waals surface area contributed by atoms with Gasteiger partial charge in [-0.3, -0.25) is 14.6 Å². The lowest BCUT2D eigenvalue weighted by Crippen LogP contribution is -2.15. The number of nitrogens with zero attached hydrogens (tertiary/aromatic N) is 8. The second-order valence-corrected chi connectivity index (χ2v) is 7.79. The lowest BCUT2D eigenvalue weighted by atomic mass is 10.1. The van der Waals surface area contributed by atoms with Crippen LogP contribution in [0.15, 0.2) is 55.9 Å². The van der Waals surface area contributed by atoms with Gasteiger partial charge in [0.15, 0.2) is 5.78 Å². The van der Waals surface area contributed by atoms with E-state index in [0.29, 0.717) is 39.2 Å². The summed E-state index contributed by atoms with van der Waals surface area (Å²) in [5, 5.41) is 7.47. The smallest absolute Gasteiger partial charge is 0.252 e. The lowest BCUT2D eigenvalue weighted by molar-refractivity contribution is -0.115. The summed E-state index contributed by atoms with van der Waals surface area (Å²) >= 11 is 0. The van der Waals surface area contributed by atoms with E-state index in [1.165, 1.54) is 29.6 Å². The average molecular weight is 441 g/mol. The monoisotopic (exact) mass is 441 g/mol. The van der Waals surface area contributed by atoms with Gasteiger partial charge in [0.05, 0.1) is 23.9 Å². The van der Waals surface area contributed by atoms with Gasteiger partial charge in [-0.15, -0.1) is 0 Å². The normalized spacial score (nSPS) is 11.4. The quantitative estimate of drug-likeness (QED) is 0.397. The molecule has 0 aliphatic carbocycles. The second-order valence-electron chi connectivity index (χ2n) is 7.79. The largest absolute Gasteiger partial charge is 0.329 e. The molecule has 5 heterocycles. The van der Waals surface area contributed by atoms with E-state index in [0.717, 1.165) is 0 Å². The minimum atomic E-state index is -0.271. The number of nitrogens with one attached hydrogen (secondary N) is 1. The van der Waals surface area contributed by atoms with Crippen molar-refractivity contribution in [2.24, 2.45) is 0 Å². The number of ketones is 1. The molecule has 0 aliphatic heterocycles. The number of hydrogen-bond donors (Lipinski definition) is 1. The molecule has 164 valence electrons. The molecule has 0 aliphatic rings. The maximum Gasteiger partial charge on any atom is 0.252 e. The molecule has 5 aromatic heterocycles. The van der Waals surface area contributed by atoms with Crippen LogP contribution in [-0.2, 0) is 11.2 Å². The average Bonchev–Trinajstić information content (AvgIpc) is 3.43. The van der Waals surface area contributed by atoms with Crippen molar-refractivity contribution in [3.05, 3.63) is 72.6 Å². The number of pyridine rings is 1. The van der Waals surface area contributed by atoms with Crippen molar-refractivity contribution >= 4 is 34.2 Å². The third kappa shape index (κ3) is 3.91. The molecule has 1 N–H and O–H groups in total. The highest BCUT2D eigenvalue weighted by atomic mass is 16.1. The van der Waals surface area contributed by atoms with Crippen molar-refractivity contribution in [1.82, 2.24) is 39.1 Å². The zero-order valence-corrected chi connectivity index (χ0v) is 17.9. The van der Waals surface area contributed by atoms with Gasteiger partial charge in [0.2, 0.25) is 5.91 Å². The zero-order valence-electron chi connectivity index (χ0n) is 17.9. The summed E-state index contributed by atoms with van der Waals surface area (Å²) in [5.41, 5.74) is 2.62. The topological polar surface area (TPSA) is 133 Å². The third-order valence-electron chi connectivity index (χ3n) is 5.13. The fourth-order valence-electron chi connectivity index (χ4n) is 3.59. The first kappa shape index (κ1) is 20.4. The third-order valence-corrected chi connectivity index (χ3v) is 5.13. The van der Waals surface area contributed by atoms with Crippen LogP contribution >= 0.6 is 0 Å². The Hall–Kier alpha value is -4.54. The van der Waals surface area contributed by atoms with E-state index >= 15 is 0 Å². The molecule has 0 radical (unpaired) electrons. The number of fused-ring (bicyclic) bond motifs is 2. The highest BCUT2D eigenvalue weighted by Crippen LogP contribution is 2.25. The van der Waals surface area contributed by atoms with Crippen molar-refractivity contribution in [3.63, 3.8) is 0 Å². The molecule has 33 heavy (non-hydrogen) atoms. The SMILES string of the molecule is CC(C)n1cc(C(=O)c2cncc(NC(=O)Cc3cnc4ncnn4c3)c2)c2cncnc21. The first-order valence-electron chi connectivity index (χ1n) is 10.2. The van der Waals surface area contributed by atoms with Crippen molar-refractivity contribution in [1.29, 1.82) is 0 Å². The Labute approximate surface area is 187 Å². The number of anilines is 1. The van der Waals surface area contributed by atoms with Crippen molar-refractivity contribution < 1.29 is 9.59 Å². The molecule has 11 heteroatoms. The summed E-state index contributed by atoms with van der Waals surface area (Å²) in [6.45, 7) is 4.04. The summed E-state index contributed by atoms with van der Waals surface area (Å²) in [7, 11) is 0.